The average molecular weight is 215 g/mol. The van der Waals surface area contributed by atoms with Crippen molar-refractivity contribution < 1.29 is 4.42 Å². The van der Waals surface area contributed by atoms with Gasteiger partial charge in [-0.05, 0) is 44.5 Å². The van der Waals surface area contributed by atoms with Gasteiger partial charge in [-0.15, -0.1) is 0 Å². The number of hydrogen-bond donors (Lipinski definition) is 1. The maximum Gasteiger partial charge on any atom is 0.125 e. The molecule has 1 aromatic heterocycles. The Hall–Kier alpha value is -1.70. The molecule has 2 aromatic rings. The van der Waals surface area contributed by atoms with E-state index in [9.17, 15) is 0 Å². The third-order valence-corrected chi connectivity index (χ3v) is 2.72. The van der Waals surface area contributed by atoms with Crippen molar-refractivity contribution in [3.63, 3.8) is 0 Å². The van der Waals surface area contributed by atoms with Crippen molar-refractivity contribution in [1.29, 1.82) is 0 Å². The third kappa shape index (κ3) is 2.27. The van der Waals surface area contributed by atoms with Crippen molar-refractivity contribution in [2.75, 3.05) is 5.32 Å². The summed E-state index contributed by atoms with van der Waals surface area (Å²) in [5, 5.41) is 3.45. The van der Waals surface area contributed by atoms with Gasteiger partial charge in [0.05, 0.1) is 12.3 Å². The van der Waals surface area contributed by atoms with Gasteiger partial charge < -0.3 is 9.73 Å². The molecule has 2 heteroatoms. The lowest BCUT2D eigenvalue weighted by molar-refractivity contribution is 0.490. The average Bonchev–Trinajstić information content (AvgIpc) is 2.75. The first-order valence-corrected chi connectivity index (χ1v) is 5.54. The second kappa shape index (κ2) is 4.44. The van der Waals surface area contributed by atoms with Gasteiger partial charge in [0.2, 0.25) is 0 Å². The van der Waals surface area contributed by atoms with E-state index in [0.717, 1.165) is 11.4 Å². The Morgan fingerprint density at radius 2 is 2.00 bits per heavy atom. The van der Waals surface area contributed by atoms with Gasteiger partial charge >= 0.3 is 0 Å². The van der Waals surface area contributed by atoms with Gasteiger partial charge in [0.25, 0.3) is 0 Å². The molecule has 16 heavy (non-hydrogen) atoms. The molecule has 1 N–H and O–H groups in total. The van der Waals surface area contributed by atoms with E-state index < -0.39 is 0 Å². The molecule has 1 atom stereocenters. The van der Waals surface area contributed by atoms with Crippen LogP contribution in [0.3, 0.4) is 0 Å². The summed E-state index contributed by atoms with van der Waals surface area (Å²) in [6.07, 6.45) is 1.70. The molecule has 0 saturated carbocycles. The molecule has 0 spiro atoms. The summed E-state index contributed by atoms with van der Waals surface area (Å²) >= 11 is 0. The Kier molecular flexibility index (Phi) is 3.00. The van der Waals surface area contributed by atoms with E-state index in [0.29, 0.717) is 0 Å². The van der Waals surface area contributed by atoms with Crippen molar-refractivity contribution >= 4 is 5.69 Å². The predicted molar refractivity (Wildman–Crippen MR) is 66.7 cm³/mol. The quantitative estimate of drug-likeness (QED) is 0.834. The van der Waals surface area contributed by atoms with Crippen LogP contribution < -0.4 is 5.32 Å². The highest BCUT2D eigenvalue weighted by Gasteiger charge is 2.08. The zero-order valence-electron chi connectivity index (χ0n) is 9.95. The molecule has 0 saturated heterocycles. The van der Waals surface area contributed by atoms with Crippen LogP contribution in [0.25, 0.3) is 0 Å². The number of benzene rings is 1. The summed E-state index contributed by atoms with van der Waals surface area (Å²) in [5.74, 6) is 0.958. The van der Waals surface area contributed by atoms with Gasteiger partial charge in [-0.1, -0.05) is 17.7 Å². The van der Waals surface area contributed by atoms with Crippen LogP contribution in [-0.4, -0.2) is 0 Å². The Labute approximate surface area is 96.3 Å². The highest BCUT2D eigenvalue weighted by atomic mass is 16.3. The fourth-order valence-electron chi connectivity index (χ4n) is 1.82. The largest absolute Gasteiger partial charge is 0.467 e. The monoisotopic (exact) mass is 215 g/mol. The Morgan fingerprint density at radius 3 is 2.62 bits per heavy atom. The lowest BCUT2D eigenvalue weighted by Crippen LogP contribution is -2.06. The molecule has 84 valence electrons. The molecule has 1 heterocycles. The van der Waals surface area contributed by atoms with Crippen molar-refractivity contribution in [2.24, 2.45) is 0 Å². The molecule has 1 aromatic carbocycles. The summed E-state index contributed by atoms with van der Waals surface area (Å²) in [6.45, 7) is 6.31. The van der Waals surface area contributed by atoms with E-state index in [1.807, 2.05) is 12.1 Å². The molecular weight excluding hydrogens is 198 g/mol. The molecule has 2 nitrogen and oxygen atoms in total. The molecule has 0 aliphatic rings. The number of anilines is 1. The van der Waals surface area contributed by atoms with E-state index >= 15 is 0 Å². The van der Waals surface area contributed by atoms with Gasteiger partial charge in [-0.3, -0.25) is 0 Å². The number of aryl methyl sites for hydroxylation is 2. The van der Waals surface area contributed by atoms with E-state index in [-0.39, 0.29) is 6.04 Å². The van der Waals surface area contributed by atoms with Crippen LogP contribution in [0.1, 0.15) is 29.9 Å². The minimum Gasteiger partial charge on any atom is -0.467 e. The molecule has 0 aliphatic carbocycles. The van der Waals surface area contributed by atoms with Gasteiger partial charge in [-0.2, -0.15) is 0 Å². The lowest BCUT2D eigenvalue weighted by atomic mass is 10.1. The SMILES string of the molecule is Cc1ccc(NC(C)c2ccco2)c(C)c1. The second-order valence-electron chi connectivity index (χ2n) is 4.20. The maximum atomic E-state index is 5.37. The predicted octanol–water partition coefficient (Wildman–Crippen LogP) is 4.07. The van der Waals surface area contributed by atoms with Crippen molar-refractivity contribution in [2.45, 2.75) is 26.8 Å². The van der Waals surface area contributed by atoms with Crippen LogP contribution in [0, 0.1) is 13.8 Å². The molecule has 0 amide bonds. The normalized spacial score (nSPS) is 12.4. The minimum absolute atomic E-state index is 0.191. The summed E-state index contributed by atoms with van der Waals surface area (Å²) < 4.78 is 5.37. The molecule has 0 bridgehead atoms. The number of furan rings is 1. The van der Waals surface area contributed by atoms with Crippen LogP contribution in [0.15, 0.2) is 41.0 Å². The summed E-state index contributed by atoms with van der Waals surface area (Å²) in [7, 11) is 0. The molecule has 0 aliphatic heterocycles. The highest BCUT2D eigenvalue weighted by molar-refractivity contribution is 5.52. The molecule has 1 unspecified atom stereocenters. The lowest BCUT2D eigenvalue weighted by Gasteiger charge is -2.15. The van der Waals surface area contributed by atoms with E-state index in [2.05, 4.69) is 44.3 Å². The summed E-state index contributed by atoms with van der Waals surface area (Å²) in [6, 6.07) is 10.5. The first-order valence-electron chi connectivity index (χ1n) is 5.54. The first-order chi connectivity index (χ1) is 7.66. The standard InChI is InChI=1S/C14H17NO/c1-10-6-7-13(11(2)9-10)15-12(3)14-5-4-8-16-14/h4-9,12,15H,1-3H3. The fraction of sp³-hybridized carbons (Fsp3) is 0.286. The highest BCUT2D eigenvalue weighted by Crippen LogP contribution is 2.22. The van der Waals surface area contributed by atoms with E-state index in [1.54, 1.807) is 6.26 Å². The smallest absolute Gasteiger partial charge is 0.125 e. The van der Waals surface area contributed by atoms with Crippen LogP contribution in [0.5, 0.6) is 0 Å². The molecular formula is C14H17NO. The van der Waals surface area contributed by atoms with E-state index in [1.165, 1.54) is 11.1 Å². The Bertz CT molecular complexity index is 460. The van der Waals surface area contributed by atoms with Crippen molar-refractivity contribution in [3.05, 3.63) is 53.5 Å². The second-order valence-corrected chi connectivity index (χ2v) is 4.20. The minimum atomic E-state index is 0.191. The van der Waals surface area contributed by atoms with Crippen molar-refractivity contribution in [1.82, 2.24) is 0 Å². The zero-order valence-corrected chi connectivity index (χ0v) is 9.95. The molecule has 0 fully saturated rings. The molecule has 0 radical (unpaired) electrons. The fourth-order valence-corrected chi connectivity index (χ4v) is 1.82. The number of hydrogen-bond acceptors (Lipinski definition) is 2. The van der Waals surface area contributed by atoms with E-state index in [4.69, 9.17) is 4.42 Å². The number of nitrogens with one attached hydrogen (secondary N) is 1. The zero-order chi connectivity index (χ0) is 11.5. The van der Waals surface area contributed by atoms with Gasteiger partial charge in [-0.25, -0.2) is 0 Å². The summed E-state index contributed by atoms with van der Waals surface area (Å²) in [4.78, 5) is 0. The number of rotatable bonds is 3. The topological polar surface area (TPSA) is 25.2 Å². The van der Waals surface area contributed by atoms with Gasteiger partial charge in [0, 0.05) is 5.69 Å². The van der Waals surface area contributed by atoms with Gasteiger partial charge in [0.15, 0.2) is 0 Å². The van der Waals surface area contributed by atoms with Crippen LogP contribution in [0.4, 0.5) is 5.69 Å². The first kappa shape index (κ1) is 10.8. The van der Waals surface area contributed by atoms with Crippen LogP contribution in [-0.2, 0) is 0 Å². The third-order valence-electron chi connectivity index (χ3n) is 2.72. The molecule has 2 rings (SSSR count). The van der Waals surface area contributed by atoms with Crippen LogP contribution >= 0.6 is 0 Å². The van der Waals surface area contributed by atoms with Crippen molar-refractivity contribution in [3.8, 4) is 0 Å². The summed E-state index contributed by atoms with van der Waals surface area (Å²) in [5.41, 5.74) is 3.71. The Balaban J connectivity index is 2.15. The van der Waals surface area contributed by atoms with Crippen LogP contribution in [0.2, 0.25) is 0 Å². The Morgan fingerprint density at radius 1 is 1.19 bits per heavy atom. The maximum absolute atomic E-state index is 5.37. The van der Waals surface area contributed by atoms with Gasteiger partial charge in [0.1, 0.15) is 5.76 Å².